The fraction of sp³-hybridized carbons (Fsp3) is 0.385. The molecular weight excluding hydrogens is 439 g/mol. The van der Waals surface area contributed by atoms with E-state index in [-0.39, 0.29) is 16.9 Å². The van der Waals surface area contributed by atoms with Gasteiger partial charge >= 0.3 is 0 Å². The zero-order chi connectivity index (χ0) is 24.1. The summed E-state index contributed by atoms with van der Waals surface area (Å²) in [4.78, 5) is 29.9. The predicted molar refractivity (Wildman–Crippen MR) is 125 cm³/mol. The van der Waals surface area contributed by atoms with Crippen molar-refractivity contribution in [2.45, 2.75) is 19.4 Å². The molecule has 0 aliphatic carbocycles. The first kappa shape index (κ1) is 23.9. The van der Waals surface area contributed by atoms with Crippen molar-refractivity contribution in [3.05, 3.63) is 71.0 Å². The third kappa shape index (κ3) is 5.13. The summed E-state index contributed by atoms with van der Waals surface area (Å²) in [5.74, 6) is -1.58. The zero-order valence-corrected chi connectivity index (χ0v) is 19.2. The Bertz CT molecular complexity index is 1060. The summed E-state index contributed by atoms with van der Waals surface area (Å²) in [6, 6.07) is 11.7. The van der Waals surface area contributed by atoms with Crippen LogP contribution in [0.25, 0.3) is 5.76 Å². The summed E-state index contributed by atoms with van der Waals surface area (Å²) in [5, 5.41) is 11.1. The predicted octanol–water partition coefficient (Wildman–Crippen LogP) is 3.37. The lowest BCUT2D eigenvalue weighted by Crippen LogP contribution is -2.42. The number of likely N-dealkylation sites (tertiary alicyclic amines) is 1. The van der Waals surface area contributed by atoms with Gasteiger partial charge in [-0.15, -0.1) is 0 Å². The van der Waals surface area contributed by atoms with Gasteiger partial charge in [0.15, 0.2) is 0 Å². The Balaban J connectivity index is 1.73. The maximum Gasteiger partial charge on any atom is 0.295 e. The molecule has 7 nitrogen and oxygen atoms in total. The third-order valence-corrected chi connectivity index (χ3v) is 6.07. The van der Waals surface area contributed by atoms with Gasteiger partial charge in [0.1, 0.15) is 17.3 Å². The molecule has 2 aromatic carbocycles. The normalized spacial score (nSPS) is 20.6. The Morgan fingerprint density at radius 3 is 2.56 bits per heavy atom. The number of carbonyl (C=O) groups is 2. The smallest absolute Gasteiger partial charge is 0.295 e. The molecule has 0 radical (unpaired) electrons. The highest BCUT2D eigenvalue weighted by Crippen LogP contribution is 2.40. The number of morpholine rings is 1. The van der Waals surface area contributed by atoms with Crippen LogP contribution >= 0.6 is 0 Å². The molecular formula is C26H29FN2O5. The second-order valence-corrected chi connectivity index (χ2v) is 8.37. The van der Waals surface area contributed by atoms with Crippen LogP contribution in [0, 0.1) is 5.82 Å². The number of aliphatic hydroxyl groups excluding tert-OH is 1. The number of amides is 1. The van der Waals surface area contributed by atoms with Gasteiger partial charge in [-0.05, 0) is 48.4 Å². The molecule has 0 unspecified atom stereocenters. The molecule has 2 saturated heterocycles. The van der Waals surface area contributed by atoms with E-state index in [9.17, 15) is 19.1 Å². The van der Waals surface area contributed by atoms with Gasteiger partial charge in [0, 0.05) is 31.7 Å². The first-order valence-electron chi connectivity index (χ1n) is 11.6. The Kier molecular flexibility index (Phi) is 7.59. The highest BCUT2D eigenvalue weighted by Gasteiger charge is 2.46. The highest BCUT2D eigenvalue weighted by molar-refractivity contribution is 6.46. The van der Waals surface area contributed by atoms with Crippen LogP contribution < -0.4 is 4.74 Å². The molecule has 2 aliphatic heterocycles. The Morgan fingerprint density at radius 2 is 1.85 bits per heavy atom. The standard InChI is InChI=1S/C26H29FN2O5/c1-2-14-34-21-5-3-4-19(17-21)23-22(24(30)18-6-8-20(27)9-7-18)25(31)26(32)29(23)11-10-28-12-15-33-16-13-28/h3-9,17,23,30H,2,10-16H2,1H3/b24-22+/t23-/m1/s1. The summed E-state index contributed by atoms with van der Waals surface area (Å²) < 4.78 is 24.6. The number of halogens is 1. The van der Waals surface area contributed by atoms with Crippen molar-refractivity contribution in [1.29, 1.82) is 0 Å². The largest absolute Gasteiger partial charge is 0.507 e. The molecule has 2 heterocycles. The molecule has 8 heteroatoms. The lowest BCUT2D eigenvalue weighted by Gasteiger charge is -2.31. The monoisotopic (exact) mass is 468 g/mol. The van der Waals surface area contributed by atoms with Crippen molar-refractivity contribution >= 4 is 17.4 Å². The van der Waals surface area contributed by atoms with E-state index in [1.807, 2.05) is 19.1 Å². The lowest BCUT2D eigenvalue weighted by molar-refractivity contribution is -0.140. The number of ketones is 1. The number of Topliss-reactive ketones (excluding diaryl/α,β-unsaturated/α-hetero) is 1. The van der Waals surface area contributed by atoms with Gasteiger partial charge in [-0.1, -0.05) is 19.1 Å². The van der Waals surface area contributed by atoms with Gasteiger partial charge in [-0.3, -0.25) is 14.5 Å². The number of nitrogens with zero attached hydrogens (tertiary/aromatic N) is 2. The minimum Gasteiger partial charge on any atom is -0.507 e. The molecule has 2 aromatic rings. The Labute approximate surface area is 198 Å². The van der Waals surface area contributed by atoms with Crippen molar-refractivity contribution in [2.75, 3.05) is 46.0 Å². The highest BCUT2D eigenvalue weighted by atomic mass is 19.1. The summed E-state index contributed by atoms with van der Waals surface area (Å²) in [5.41, 5.74) is 0.931. The third-order valence-electron chi connectivity index (χ3n) is 6.07. The van der Waals surface area contributed by atoms with Crippen LogP contribution in [0.2, 0.25) is 0 Å². The minimum absolute atomic E-state index is 0.00812. The molecule has 0 spiro atoms. The van der Waals surface area contributed by atoms with Crippen LogP contribution in [0.5, 0.6) is 5.75 Å². The van der Waals surface area contributed by atoms with Gasteiger partial charge in [0.2, 0.25) is 0 Å². The summed E-state index contributed by atoms with van der Waals surface area (Å²) >= 11 is 0. The fourth-order valence-corrected chi connectivity index (χ4v) is 4.29. The number of aliphatic hydroxyl groups is 1. The van der Waals surface area contributed by atoms with Crippen LogP contribution in [-0.4, -0.2) is 72.6 Å². The van der Waals surface area contributed by atoms with Gasteiger partial charge in [0.05, 0.1) is 31.4 Å². The molecule has 2 aliphatic rings. The summed E-state index contributed by atoms with van der Waals surface area (Å²) in [7, 11) is 0. The van der Waals surface area contributed by atoms with Crippen molar-refractivity contribution in [3.8, 4) is 5.75 Å². The van der Waals surface area contributed by atoms with Gasteiger partial charge in [-0.2, -0.15) is 0 Å². The summed E-state index contributed by atoms with van der Waals surface area (Å²) in [6.07, 6.45) is 0.840. The average molecular weight is 469 g/mol. The number of benzene rings is 2. The molecule has 1 N–H and O–H groups in total. The molecule has 0 bridgehead atoms. The van der Waals surface area contributed by atoms with Gasteiger partial charge in [-0.25, -0.2) is 4.39 Å². The van der Waals surface area contributed by atoms with E-state index < -0.39 is 23.5 Å². The zero-order valence-electron chi connectivity index (χ0n) is 19.2. The number of hydrogen-bond acceptors (Lipinski definition) is 6. The molecule has 0 saturated carbocycles. The topological polar surface area (TPSA) is 79.3 Å². The second kappa shape index (κ2) is 10.8. The number of ether oxygens (including phenoxy) is 2. The maximum atomic E-state index is 13.4. The molecule has 1 amide bonds. The van der Waals surface area contributed by atoms with Gasteiger partial charge < -0.3 is 19.5 Å². The van der Waals surface area contributed by atoms with E-state index in [0.29, 0.717) is 44.2 Å². The Morgan fingerprint density at radius 1 is 1.12 bits per heavy atom. The van der Waals surface area contributed by atoms with Crippen molar-refractivity contribution in [3.63, 3.8) is 0 Å². The van der Waals surface area contributed by atoms with Crippen molar-refractivity contribution in [2.24, 2.45) is 0 Å². The quantitative estimate of drug-likeness (QED) is 0.364. The van der Waals surface area contributed by atoms with Crippen molar-refractivity contribution in [1.82, 2.24) is 9.80 Å². The van der Waals surface area contributed by atoms with E-state index >= 15 is 0 Å². The van der Waals surface area contributed by atoms with Gasteiger partial charge in [0.25, 0.3) is 11.7 Å². The second-order valence-electron chi connectivity index (χ2n) is 8.37. The number of rotatable bonds is 8. The fourth-order valence-electron chi connectivity index (χ4n) is 4.29. The van der Waals surface area contributed by atoms with Crippen LogP contribution in [0.15, 0.2) is 54.1 Å². The lowest BCUT2D eigenvalue weighted by atomic mass is 9.95. The van der Waals surface area contributed by atoms with Crippen molar-refractivity contribution < 1.29 is 28.6 Å². The molecule has 34 heavy (non-hydrogen) atoms. The molecule has 1 atom stereocenters. The molecule has 0 aromatic heterocycles. The molecule has 4 rings (SSSR count). The van der Waals surface area contributed by atoms with Crippen LogP contribution in [0.4, 0.5) is 4.39 Å². The number of hydrogen-bond donors (Lipinski definition) is 1. The average Bonchev–Trinajstić information content (AvgIpc) is 3.12. The first-order chi connectivity index (χ1) is 16.5. The van der Waals surface area contributed by atoms with E-state index in [1.165, 1.54) is 29.2 Å². The molecule has 2 fully saturated rings. The van der Waals surface area contributed by atoms with Crippen LogP contribution in [0.1, 0.15) is 30.5 Å². The first-order valence-corrected chi connectivity index (χ1v) is 11.6. The minimum atomic E-state index is -0.781. The molecule has 180 valence electrons. The Hall–Kier alpha value is -3.23. The van der Waals surface area contributed by atoms with E-state index in [1.54, 1.807) is 12.1 Å². The van der Waals surface area contributed by atoms with Crippen LogP contribution in [0.3, 0.4) is 0 Å². The number of carbonyl (C=O) groups excluding carboxylic acids is 2. The van der Waals surface area contributed by atoms with Crippen LogP contribution in [-0.2, 0) is 14.3 Å². The SMILES string of the molecule is CCCOc1cccc([C@@H]2/C(=C(\O)c3ccc(F)cc3)C(=O)C(=O)N2CCN2CCOCC2)c1. The van der Waals surface area contributed by atoms with E-state index in [2.05, 4.69) is 4.90 Å². The van der Waals surface area contributed by atoms with E-state index in [4.69, 9.17) is 9.47 Å². The maximum absolute atomic E-state index is 13.4. The summed E-state index contributed by atoms with van der Waals surface area (Å²) in [6.45, 7) is 6.20. The van der Waals surface area contributed by atoms with E-state index in [0.717, 1.165) is 19.5 Å².